The molecule has 3 rings (SSSR count). The second-order valence-corrected chi connectivity index (χ2v) is 11.2. The van der Waals surface area contributed by atoms with Gasteiger partial charge in [0.15, 0.2) is 21.3 Å². The van der Waals surface area contributed by atoms with E-state index in [0.717, 1.165) is 31.4 Å². The highest BCUT2D eigenvalue weighted by Crippen LogP contribution is 2.35. The summed E-state index contributed by atoms with van der Waals surface area (Å²) in [6, 6.07) is 13.5. The summed E-state index contributed by atoms with van der Waals surface area (Å²) >= 11 is 0. The lowest BCUT2D eigenvalue weighted by atomic mass is 10.1. The zero-order valence-electron chi connectivity index (χ0n) is 20.7. The SMILES string of the molecule is COc1ccc(S(=O)(=O)C(CCCC(=O)N(C)c2ccccc2)CC(=O)NO)cc1OC1CCCC1. The molecule has 0 aliphatic heterocycles. The van der Waals surface area contributed by atoms with Gasteiger partial charge in [-0.2, -0.15) is 0 Å². The summed E-state index contributed by atoms with van der Waals surface area (Å²) in [5.74, 6) is -0.205. The van der Waals surface area contributed by atoms with Gasteiger partial charge in [0.05, 0.1) is 23.4 Å². The van der Waals surface area contributed by atoms with Gasteiger partial charge in [0.1, 0.15) is 0 Å². The molecule has 0 radical (unpaired) electrons. The molecule has 2 aromatic rings. The minimum absolute atomic E-state index is 0.000216. The third kappa shape index (κ3) is 6.98. The first-order valence-electron chi connectivity index (χ1n) is 12.1. The fourth-order valence-electron chi connectivity index (χ4n) is 4.37. The molecule has 36 heavy (non-hydrogen) atoms. The number of hydroxylamine groups is 1. The predicted molar refractivity (Wildman–Crippen MR) is 135 cm³/mol. The van der Waals surface area contributed by atoms with E-state index >= 15 is 0 Å². The van der Waals surface area contributed by atoms with E-state index in [1.165, 1.54) is 29.6 Å². The molecule has 0 spiro atoms. The quantitative estimate of drug-likeness (QED) is 0.323. The van der Waals surface area contributed by atoms with Crippen LogP contribution in [0.15, 0.2) is 53.4 Å². The summed E-state index contributed by atoms with van der Waals surface area (Å²) in [5, 5.41) is 7.88. The number of para-hydroxylation sites is 1. The van der Waals surface area contributed by atoms with Crippen LogP contribution in [0.1, 0.15) is 51.4 Å². The number of benzene rings is 2. The summed E-state index contributed by atoms with van der Waals surface area (Å²) in [6.45, 7) is 0. The lowest BCUT2D eigenvalue weighted by Crippen LogP contribution is -2.31. The van der Waals surface area contributed by atoms with Crippen molar-refractivity contribution in [3.05, 3.63) is 48.5 Å². The van der Waals surface area contributed by atoms with Gasteiger partial charge in [0, 0.05) is 31.6 Å². The van der Waals surface area contributed by atoms with Gasteiger partial charge in [0.25, 0.3) is 0 Å². The number of hydrogen-bond donors (Lipinski definition) is 2. The van der Waals surface area contributed by atoms with E-state index in [4.69, 9.17) is 14.7 Å². The van der Waals surface area contributed by atoms with Crippen molar-refractivity contribution in [2.24, 2.45) is 0 Å². The predicted octanol–water partition coefficient (Wildman–Crippen LogP) is 3.89. The number of amides is 2. The Labute approximate surface area is 212 Å². The molecule has 0 bridgehead atoms. The zero-order chi connectivity index (χ0) is 26.1. The van der Waals surface area contributed by atoms with Gasteiger partial charge in [-0.15, -0.1) is 0 Å². The lowest BCUT2D eigenvalue weighted by Gasteiger charge is -2.21. The van der Waals surface area contributed by atoms with Gasteiger partial charge in [-0.05, 0) is 62.8 Å². The molecule has 2 aromatic carbocycles. The van der Waals surface area contributed by atoms with Crippen LogP contribution in [-0.4, -0.2) is 51.0 Å². The molecule has 1 unspecified atom stereocenters. The van der Waals surface area contributed by atoms with Crippen LogP contribution >= 0.6 is 0 Å². The molecule has 2 amide bonds. The van der Waals surface area contributed by atoms with Crippen LogP contribution in [0.2, 0.25) is 0 Å². The summed E-state index contributed by atoms with van der Waals surface area (Å²) < 4.78 is 38.5. The van der Waals surface area contributed by atoms with E-state index in [9.17, 15) is 18.0 Å². The van der Waals surface area contributed by atoms with Gasteiger partial charge in [0.2, 0.25) is 11.8 Å². The lowest BCUT2D eigenvalue weighted by molar-refractivity contribution is -0.129. The number of nitrogens with zero attached hydrogens (tertiary/aromatic N) is 1. The number of anilines is 1. The highest BCUT2D eigenvalue weighted by atomic mass is 32.2. The number of sulfone groups is 1. The Bertz CT molecular complexity index is 1130. The van der Waals surface area contributed by atoms with Crippen molar-refractivity contribution >= 4 is 27.3 Å². The van der Waals surface area contributed by atoms with Gasteiger partial charge in [-0.1, -0.05) is 18.2 Å². The van der Waals surface area contributed by atoms with Crippen molar-refractivity contribution in [2.75, 3.05) is 19.1 Å². The van der Waals surface area contributed by atoms with Crippen molar-refractivity contribution in [3.63, 3.8) is 0 Å². The maximum Gasteiger partial charge on any atom is 0.244 e. The van der Waals surface area contributed by atoms with Crippen molar-refractivity contribution in [2.45, 2.75) is 67.6 Å². The zero-order valence-corrected chi connectivity index (χ0v) is 21.5. The third-order valence-electron chi connectivity index (χ3n) is 6.47. The molecule has 10 heteroatoms. The smallest absolute Gasteiger partial charge is 0.244 e. The standard InChI is InChI=1S/C26H34N2O7S/c1-28(19-9-4-3-5-10-19)26(30)14-8-13-21(18-25(29)27-31)36(32,33)22-15-16-23(34-2)24(17-22)35-20-11-6-7-12-20/h3-5,9-10,15-17,20-21,31H,6-8,11-14,18H2,1-2H3,(H,27,29). The van der Waals surface area contributed by atoms with Gasteiger partial charge in [-0.25, -0.2) is 13.9 Å². The molecule has 0 saturated heterocycles. The average molecular weight is 519 g/mol. The van der Waals surface area contributed by atoms with E-state index in [2.05, 4.69) is 0 Å². The molecule has 1 fully saturated rings. The van der Waals surface area contributed by atoms with Crippen LogP contribution in [0.25, 0.3) is 0 Å². The monoisotopic (exact) mass is 518 g/mol. The minimum Gasteiger partial charge on any atom is -0.493 e. The molecule has 1 saturated carbocycles. The maximum absolute atomic E-state index is 13.6. The van der Waals surface area contributed by atoms with Gasteiger partial charge < -0.3 is 14.4 Å². The van der Waals surface area contributed by atoms with E-state index in [1.54, 1.807) is 13.1 Å². The molecule has 9 nitrogen and oxygen atoms in total. The normalized spacial score (nSPS) is 14.8. The second kappa shape index (κ2) is 12.7. The van der Waals surface area contributed by atoms with Crippen LogP contribution < -0.4 is 19.9 Å². The summed E-state index contributed by atoms with van der Waals surface area (Å²) in [5.41, 5.74) is 2.25. The molecular weight excluding hydrogens is 484 g/mol. The number of nitrogens with one attached hydrogen (secondary N) is 1. The van der Waals surface area contributed by atoms with Crippen LogP contribution in [0.3, 0.4) is 0 Å². The molecule has 0 heterocycles. The summed E-state index contributed by atoms with van der Waals surface area (Å²) in [4.78, 5) is 26.1. The second-order valence-electron chi connectivity index (χ2n) is 8.92. The Morgan fingerprint density at radius 1 is 1.11 bits per heavy atom. The average Bonchev–Trinajstić information content (AvgIpc) is 3.40. The molecule has 1 aliphatic carbocycles. The van der Waals surface area contributed by atoms with Crippen molar-refractivity contribution in [1.29, 1.82) is 0 Å². The largest absolute Gasteiger partial charge is 0.493 e. The van der Waals surface area contributed by atoms with Crippen LogP contribution in [0, 0.1) is 0 Å². The first kappa shape index (κ1) is 27.5. The Morgan fingerprint density at radius 3 is 2.44 bits per heavy atom. The Balaban J connectivity index is 1.75. The molecule has 0 aromatic heterocycles. The summed E-state index contributed by atoms with van der Waals surface area (Å²) in [7, 11) is -0.840. The fraction of sp³-hybridized carbons (Fsp3) is 0.462. The topological polar surface area (TPSA) is 122 Å². The van der Waals surface area contributed by atoms with Crippen LogP contribution in [0.4, 0.5) is 5.69 Å². The molecule has 1 atom stereocenters. The Morgan fingerprint density at radius 2 is 1.81 bits per heavy atom. The number of carbonyl (C=O) groups excluding carboxylic acids is 2. The first-order chi connectivity index (χ1) is 17.3. The van der Waals surface area contributed by atoms with Crippen molar-refractivity contribution in [1.82, 2.24) is 5.48 Å². The van der Waals surface area contributed by atoms with Gasteiger partial charge in [-0.3, -0.25) is 14.8 Å². The molecule has 1 aliphatic rings. The van der Waals surface area contributed by atoms with E-state index in [0.29, 0.717) is 11.5 Å². The van der Waals surface area contributed by atoms with E-state index in [1.807, 2.05) is 30.3 Å². The maximum atomic E-state index is 13.6. The van der Waals surface area contributed by atoms with Crippen molar-refractivity contribution in [3.8, 4) is 11.5 Å². The highest BCUT2D eigenvalue weighted by molar-refractivity contribution is 7.92. The molecular formula is C26H34N2O7S. The first-order valence-corrected chi connectivity index (χ1v) is 13.6. The third-order valence-corrected chi connectivity index (χ3v) is 8.66. The van der Waals surface area contributed by atoms with E-state index in [-0.39, 0.29) is 36.2 Å². The number of carbonyl (C=O) groups is 2. The minimum atomic E-state index is -3.99. The number of ether oxygens (including phenoxy) is 2. The fourth-order valence-corrected chi connectivity index (χ4v) is 6.13. The number of rotatable bonds is 12. The Kier molecular flexibility index (Phi) is 9.72. The van der Waals surface area contributed by atoms with Crippen LogP contribution in [-0.2, 0) is 19.4 Å². The molecule has 2 N–H and O–H groups in total. The van der Waals surface area contributed by atoms with Crippen molar-refractivity contribution < 1.29 is 32.7 Å². The van der Waals surface area contributed by atoms with Gasteiger partial charge >= 0.3 is 0 Å². The Hall–Kier alpha value is -3.11. The highest BCUT2D eigenvalue weighted by Gasteiger charge is 2.31. The number of methoxy groups -OCH3 is 1. The van der Waals surface area contributed by atoms with Crippen LogP contribution in [0.5, 0.6) is 11.5 Å². The molecule has 196 valence electrons. The summed E-state index contributed by atoms with van der Waals surface area (Å²) in [6.07, 6.45) is 3.89. The number of hydrogen-bond acceptors (Lipinski definition) is 7. The van der Waals surface area contributed by atoms with E-state index < -0.39 is 27.4 Å².